The summed E-state index contributed by atoms with van der Waals surface area (Å²) >= 11 is 1.57. The lowest BCUT2D eigenvalue weighted by Crippen LogP contribution is -2.42. The molecule has 0 spiro atoms. The number of thioether (sulfide) groups is 1. The molecule has 4 rings (SSSR count). The van der Waals surface area contributed by atoms with Crippen molar-refractivity contribution in [2.45, 2.75) is 32.5 Å². The second-order valence-electron chi connectivity index (χ2n) is 10.3. The summed E-state index contributed by atoms with van der Waals surface area (Å²) in [5.41, 5.74) is 5.45. The number of nitrogens with one attached hydrogen (secondary N) is 1. The Morgan fingerprint density at radius 2 is 1.61 bits per heavy atom. The van der Waals surface area contributed by atoms with Gasteiger partial charge in [0, 0.05) is 30.4 Å². The van der Waals surface area contributed by atoms with Gasteiger partial charge in [0.1, 0.15) is 17.7 Å². The van der Waals surface area contributed by atoms with Crippen LogP contribution in [0.15, 0.2) is 84.9 Å². The molecule has 1 amide bonds. The molecular weight excluding hydrogens is 580 g/mol. The molecule has 0 saturated heterocycles. The van der Waals surface area contributed by atoms with E-state index in [0.29, 0.717) is 41.1 Å². The third kappa shape index (κ3) is 8.23. The number of carbonyl (C=O) groups is 2. The highest BCUT2D eigenvalue weighted by atomic mass is 32.2. The summed E-state index contributed by atoms with van der Waals surface area (Å²) in [4.78, 5) is 31.5. The second-order valence-corrected chi connectivity index (χ2v) is 11.3. The number of anilines is 1. The van der Waals surface area contributed by atoms with Crippen LogP contribution in [0.25, 0.3) is 16.0 Å². The van der Waals surface area contributed by atoms with E-state index in [1.807, 2.05) is 54.5 Å². The van der Waals surface area contributed by atoms with Gasteiger partial charge in [0.05, 0.1) is 13.7 Å². The molecule has 0 aliphatic rings. The molecule has 44 heavy (non-hydrogen) atoms. The number of halogens is 2. The number of hydrogen-bond acceptors (Lipinski definition) is 5. The summed E-state index contributed by atoms with van der Waals surface area (Å²) in [7, 11) is 1.30. The van der Waals surface area contributed by atoms with Crippen LogP contribution in [0.1, 0.15) is 33.5 Å². The molecule has 4 aromatic rings. The molecule has 226 valence electrons. The number of benzene rings is 4. The molecule has 0 aromatic heterocycles. The first-order valence-electron chi connectivity index (χ1n) is 14.0. The zero-order valence-electron chi connectivity index (χ0n) is 24.8. The maximum absolute atomic E-state index is 14.1. The van der Waals surface area contributed by atoms with Crippen LogP contribution in [0.3, 0.4) is 0 Å². The van der Waals surface area contributed by atoms with Gasteiger partial charge in [-0.2, -0.15) is 11.8 Å². The predicted octanol–water partition coefficient (Wildman–Crippen LogP) is 7.72. The highest BCUT2D eigenvalue weighted by molar-refractivity contribution is 7.98. The fraction of sp³-hybridized carbons (Fsp3) is 0.229. The molecule has 0 fully saturated rings. The van der Waals surface area contributed by atoms with Crippen LogP contribution in [0.2, 0.25) is 0 Å². The van der Waals surface area contributed by atoms with Gasteiger partial charge in [-0.05, 0) is 89.6 Å². The van der Waals surface area contributed by atoms with E-state index in [1.54, 1.807) is 42.1 Å². The first kappa shape index (κ1) is 32.2. The Hall–Kier alpha value is -4.68. The lowest BCUT2D eigenvalue weighted by Gasteiger charge is -2.26. The van der Waals surface area contributed by atoms with Crippen LogP contribution in [0.5, 0.6) is 0 Å². The molecule has 4 aromatic carbocycles. The third-order valence-corrected chi connectivity index (χ3v) is 7.82. The summed E-state index contributed by atoms with van der Waals surface area (Å²) < 4.78 is 33.1. The van der Waals surface area contributed by atoms with E-state index < -0.39 is 29.6 Å². The quantitative estimate of drug-likeness (QED) is 0.131. The second kappa shape index (κ2) is 15.2. The summed E-state index contributed by atoms with van der Waals surface area (Å²) in [6.45, 7) is 9.79. The first-order valence-corrected chi connectivity index (χ1v) is 15.4. The molecule has 0 saturated carbocycles. The molecule has 0 aliphatic heterocycles. The molecule has 1 atom stereocenters. The van der Waals surface area contributed by atoms with Gasteiger partial charge in [-0.25, -0.2) is 18.4 Å². The van der Waals surface area contributed by atoms with Crippen LogP contribution in [-0.2, 0) is 22.6 Å². The zero-order chi connectivity index (χ0) is 31.6. The van der Waals surface area contributed by atoms with E-state index >= 15 is 0 Å². The van der Waals surface area contributed by atoms with Gasteiger partial charge in [-0.15, -0.1) is 0 Å². The molecule has 1 unspecified atom stereocenters. The van der Waals surface area contributed by atoms with Gasteiger partial charge in [0.2, 0.25) is 0 Å². The van der Waals surface area contributed by atoms with Crippen LogP contribution < -0.4 is 10.2 Å². The number of rotatable bonds is 12. The Labute approximate surface area is 260 Å². The van der Waals surface area contributed by atoms with E-state index in [4.69, 9.17) is 11.3 Å². The lowest BCUT2D eigenvalue weighted by atomic mass is 9.93. The maximum atomic E-state index is 14.1. The normalized spacial score (nSPS) is 11.4. The molecule has 0 aliphatic carbocycles. The highest BCUT2D eigenvalue weighted by Gasteiger charge is 2.24. The van der Waals surface area contributed by atoms with E-state index in [1.165, 1.54) is 19.2 Å². The zero-order valence-corrected chi connectivity index (χ0v) is 25.6. The standard InChI is InChI=1S/C35H33F2N3O3S/c1-23-7-5-6-8-30(23)32-19-24(9-14-31(32)34(41)39-33(15-16-44-4)35(42)43-3)21-40(29-12-10-28(38-2)11-13-29)22-25-17-26(36)20-27(37)18-25/h5-14,17-20,33H,15-16,21-22H2,1,3-4H3,(H,39,41). The van der Waals surface area contributed by atoms with Crippen molar-refractivity contribution in [1.82, 2.24) is 5.32 Å². The topological polar surface area (TPSA) is 63.0 Å². The number of carbonyl (C=O) groups excluding carboxylic acids is 2. The SMILES string of the molecule is [C-]#[N+]c1ccc(N(Cc2cc(F)cc(F)c2)Cc2ccc(C(=O)NC(CCSC)C(=O)OC)c(-c3ccccc3C)c2)cc1. The van der Waals surface area contributed by atoms with E-state index in [9.17, 15) is 18.4 Å². The summed E-state index contributed by atoms with van der Waals surface area (Å²) in [5, 5.41) is 2.86. The summed E-state index contributed by atoms with van der Waals surface area (Å²) in [6, 6.07) is 22.8. The molecule has 0 bridgehead atoms. The number of aryl methyl sites for hydroxylation is 1. The number of hydrogen-bond donors (Lipinski definition) is 1. The molecule has 6 nitrogen and oxygen atoms in total. The predicted molar refractivity (Wildman–Crippen MR) is 172 cm³/mol. The van der Waals surface area contributed by atoms with Gasteiger partial charge in [-0.1, -0.05) is 42.5 Å². The van der Waals surface area contributed by atoms with E-state index in [-0.39, 0.29) is 6.54 Å². The van der Waals surface area contributed by atoms with E-state index in [0.717, 1.165) is 28.4 Å². The van der Waals surface area contributed by atoms with Gasteiger partial charge >= 0.3 is 5.97 Å². The number of amides is 1. The molecular formula is C35H33F2N3O3S. The van der Waals surface area contributed by atoms with Crippen molar-refractivity contribution in [3.8, 4) is 11.1 Å². The lowest BCUT2D eigenvalue weighted by molar-refractivity contribution is -0.142. The van der Waals surface area contributed by atoms with Crippen molar-refractivity contribution >= 4 is 35.0 Å². The Morgan fingerprint density at radius 3 is 2.25 bits per heavy atom. The van der Waals surface area contributed by atoms with Crippen LogP contribution in [0, 0.1) is 25.1 Å². The van der Waals surface area contributed by atoms with Crippen molar-refractivity contribution in [3.05, 3.63) is 130 Å². The summed E-state index contributed by atoms with van der Waals surface area (Å²) in [6.07, 6.45) is 2.36. The van der Waals surface area contributed by atoms with Crippen LogP contribution in [-0.4, -0.2) is 37.0 Å². The number of methoxy groups -OCH3 is 1. The molecule has 1 N–H and O–H groups in total. The minimum absolute atomic E-state index is 0.199. The Bertz CT molecular complexity index is 1650. The first-order chi connectivity index (χ1) is 21.2. The Kier molecular flexibility index (Phi) is 11.1. The average molecular weight is 614 g/mol. The highest BCUT2D eigenvalue weighted by Crippen LogP contribution is 2.30. The van der Waals surface area contributed by atoms with Gasteiger partial charge < -0.3 is 15.0 Å². The Morgan fingerprint density at radius 1 is 0.932 bits per heavy atom. The van der Waals surface area contributed by atoms with Crippen LogP contribution in [0.4, 0.5) is 20.2 Å². The van der Waals surface area contributed by atoms with Gasteiger partial charge in [0.25, 0.3) is 5.91 Å². The smallest absolute Gasteiger partial charge is 0.328 e. The van der Waals surface area contributed by atoms with Gasteiger partial charge in [0.15, 0.2) is 5.69 Å². The molecule has 0 radical (unpaired) electrons. The summed E-state index contributed by atoms with van der Waals surface area (Å²) in [5.74, 6) is -1.55. The Balaban J connectivity index is 1.74. The third-order valence-electron chi connectivity index (χ3n) is 7.18. The van der Waals surface area contributed by atoms with Crippen molar-refractivity contribution in [2.75, 3.05) is 24.0 Å². The molecule has 9 heteroatoms. The number of ether oxygens (including phenoxy) is 1. The number of esters is 1. The van der Waals surface area contributed by atoms with Crippen molar-refractivity contribution in [3.63, 3.8) is 0 Å². The van der Waals surface area contributed by atoms with Crippen LogP contribution >= 0.6 is 11.8 Å². The average Bonchev–Trinajstić information content (AvgIpc) is 3.02. The number of nitrogens with zero attached hydrogens (tertiary/aromatic N) is 2. The monoisotopic (exact) mass is 613 g/mol. The minimum atomic E-state index is -0.787. The van der Waals surface area contributed by atoms with Crippen molar-refractivity contribution < 1.29 is 23.1 Å². The minimum Gasteiger partial charge on any atom is -0.467 e. The fourth-order valence-electron chi connectivity index (χ4n) is 4.97. The largest absolute Gasteiger partial charge is 0.467 e. The van der Waals surface area contributed by atoms with E-state index in [2.05, 4.69) is 10.2 Å². The fourth-order valence-corrected chi connectivity index (χ4v) is 5.44. The van der Waals surface area contributed by atoms with Gasteiger partial charge in [-0.3, -0.25) is 4.79 Å². The maximum Gasteiger partial charge on any atom is 0.328 e. The molecule has 0 heterocycles. The van der Waals surface area contributed by atoms with Crippen molar-refractivity contribution in [1.29, 1.82) is 0 Å². The van der Waals surface area contributed by atoms with Crippen molar-refractivity contribution in [2.24, 2.45) is 0 Å².